The summed E-state index contributed by atoms with van der Waals surface area (Å²) >= 11 is 0. The molecule has 1 unspecified atom stereocenters. The number of anilines is 1. The minimum absolute atomic E-state index is 0.136. The second kappa shape index (κ2) is 9.59. The lowest BCUT2D eigenvalue weighted by Crippen LogP contribution is -2.29. The van der Waals surface area contributed by atoms with Crippen molar-refractivity contribution in [3.63, 3.8) is 0 Å². The van der Waals surface area contributed by atoms with Gasteiger partial charge in [-0.3, -0.25) is 9.59 Å². The lowest BCUT2D eigenvalue weighted by atomic mass is 10.0. The molecular formula is C20H25N3O2. The van der Waals surface area contributed by atoms with Gasteiger partial charge in [-0.25, -0.2) is 0 Å². The second-order valence-electron chi connectivity index (χ2n) is 5.90. The van der Waals surface area contributed by atoms with Crippen LogP contribution in [0.1, 0.15) is 37.4 Å². The van der Waals surface area contributed by atoms with E-state index < -0.39 is 0 Å². The normalized spacial score (nSPS) is 11.6. The molecule has 1 atom stereocenters. The molecule has 0 radical (unpaired) electrons. The lowest BCUT2D eigenvalue weighted by molar-refractivity contribution is -0.120. The fraction of sp³-hybridized carbons (Fsp3) is 0.300. The van der Waals surface area contributed by atoms with Crippen molar-refractivity contribution in [3.8, 4) is 0 Å². The summed E-state index contributed by atoms with van der Waals surface area (Å²) in [7, 11) is 0. The van der Waals surface area contributed by atoms with Crippen molar-refractivity contribution in [3.05, 3.63) is 65.7 Å². The van der Waals surface area contributed by atoms with Gasteiger partial charge in [-0.2, -0.15) is 0 Å². The molecule has 2 amide bonds. The second-order valence-corrected chi connectivity index (χ2v) is 5.90. The van der Waals surface area contributed by atoms with Crippen molar-refractivity contribution in [2.45, 2.75) is 32.9 Å². The van der Waals surface area contributed by atoms with E-state index in [0.717, 1.165) is 29.9 Å². The van der Waals surface area contributed by atoms with Gasteiger partial charge in [-0.15, -0.1) is 0 Å². The Morgan fingerprint density at radius 1 is 1.04 bits per heavy atom. The Morgan fingerprint density at radius 3 is 2.48 bits per heavy atom. The first-order chi connectivity index (χ1) is 12.1. The van der Waals surface area contributed by atoms with Gasteiger partial charge in [0.15, 0.2) is 0 Å². The molecule has 0 spiro atoms. The van der Waals surface area contributed by atoms with Crippen molar-refractivity contribution in [2.24, 2.45) is 0 Å². The van der Waals surface area contributed by atoms with Crippen molar-refractivity contribution in [1.29, 1.82) is 0 Å². The van der Waals surface area contributed by atoms with E-state index in [9.17, 15) is 9.59 Å². The molecule has 2 aromatic rings. The van der Waals surface area contributed by atoms with Crippen LogP contribution in [0.5, 0.6) is 0 Å². The third-order valence-corrected chi connectivity index (χ3v) is 3.76. The summed E-state index contributed by atoms with van der Waals surface area (Å²) in [6, 6.07) is 16.9. The predicted molar refractivity (Wildman–Crippen MR) is 100 cm³/mol. The molecule has 0 aliphatic heterocycles. The maximum absolute atomic E-state index is 12.4. The lowest BCUT2D eigenvalue weighted by Gasteiger charge is -2.18. The van der Waals surface area contributed by atoms with Crippen molar-refractivity contribution >= 4 is 17.5 Å². The molecule has 0 aliphatic carbocycles. The van der Waals surface area contributed by atoms with Crippen LogP contribution in [-0.4, -0.2) is 18.4 Å². The van der Waals surface area contributed by atoms with Crippen LogP contribution < -0.4 is 16.0 Å². The van der Waals surface area contributed by atoms with Crippen molar-refractivity contribution in [2.75, 3.05) is 11.9 Å². The zero-order valence-corrected chi connectivity index (χ0v) is 14.7. The van der Waals surface area contributed by atoms with Gasteiger partial charge in [0.2, 0.25) is 11.8 Å². The Bertz CT molecular complexity index is 701. The molecule has 0 bridgehead atoms. The third kappa shape index (κ3) is 6.39. The van der Waals surface area contributed by atoms with Gasteiger partial charge in [-0.1, -0.05) is 49.4 Å². The number of carbonyl (C=O) groups excluding carboxylic acids is 2. The van der Waals surface area contributed by atoms with Crippen molar-refractivity contribution < 1.29 is 9.59 Å². The molecule has 0 saturated heterocycles. The van der Waals surface area contributed by atoms with Crippen LogP contribution in [0.2, 0.25) is 0 Å². The Kier molecular flexibility index (Phi) is 7.16. The largest absolute Gasteiger partial charge is 0.349 e. The molecule has 3 N–H and O–H groups in total. The van der Waals surface area contributed by atoms with E-state index in [0.29, 0.717) is 0 Å². The summed E-state index contributed by atoms with van der Waals surface area (Å²) < 4.78 is 0. The number of nitrogens with one attached hydrogen (secondary N) is 3. The molecule has 2 aromatic carbocycles. The number of hydrogen-bond acceptors (Lipinski definition) is 3. The molecule has 25 heavy (non-hydrogen) atoms. The minimum Gasteiger partial charge on any atom is -0.349 e. The molecular weight excluding hydrogens is 314 g/mol. The number of amides is 2. The summed E-state index contributed by atoms with van der Waals surface area (Å²) in [5.41, 5.74) is 2.78. The van der Waals surface area contributed by atoms with Crippen LogP contribution in [-0.2, 0) is 16.1 Å². The maximum Gasteiger partial charge on any atom is 0.226 e. The first-order valence-electron chi connectivity index (χ1n) is 8.50. The van der Waals surface area contributed by atoms with Gasteiger partial charge >= 0.3 is 0 Å². The summed E-state index contributed by atoms with van der Waals surface area (Å²) in [4.78, 5) is 23.9. The molecule has 5 nitrogen and oxygen atoms in total. The smallest absolute Gasteiger partial charge is 0.226 e. The van der Waals surface area contributed by atoms with Crippen LogP contribution in [0.25, 0.3) is 0 Å². The zero-order valence-electron chi connectivity index (χ0n) is 14.7. The van der Waals surface area contributed by atoms with Crippen molar-refractivity contribution in [1.82, 2.24) is 10.6 Å². The SMILES string of the molecule is CCNCc1cccc(NC(=O)CC(NC(C)=O)c2ccccc2)c1. The van der Waals surface area contributed by atoms with Gasteiger partial charge < -0.3 is 16.0 Å². The maximum atomic E-state index is 12.4. The van der Waals surface area contributed by atoms with Gasteiger partial charge in [0.25, 0.3) is 0 Å². The van der Waals surface area contributed by atoms with Gasteiger partial charge in [-0.05, 0) is 29.8 Å². The van der Waals surface area contributed by atoms with E-state index in [-0.39, 0.29) is 24.3 Å². The summed E-state index contributed by atoms with van der Waals surface area (Å²) in [6.07, 6.45) is 0.182. The highest BCUT2D eigenvalue weighted by atomic mass is 16.2. The molecule has 0 fully saturated rings. The van der Waals surface area contributed by atoms with Gasteiger partial charge in [0.1, 0.15) is 0 Å². The quantitative estimate of drug-likeness (QED) is 0.692. The number of carbonyl (C=O) groups is 2. The molecule has 0 saturated carbocycles. The summed E-state index contributed by atoms with van der Waals surface area (Å²) in [5.74, 6) is -0.294. The minimum atomic E-state index is -0.344. The molecule has 5 heteroatoms. The van der Waals surface area contributed by atoms with E-state index >= 15 is 0 Å². The van der Waals surface area contributed by atoms with Crippen LogP contribution in [0, 0.1) is 0 Å². The first-order valence-corrected chi connectivity index (χ1v) is 8.50. The summed E-state index contributed by atoms with van der Waals surface area (Å²) in [6.45, 7) is 5.17. The highest BCUT2D eigenvalue weighted by molar-refractivity contribution is 5.91. The molecule has 0 heterocycles. The fourth-order valence-electron chi connectivity index (χ4n) is 2.61. The molecule has 0 aromatic heterocycles. The van der Waals surface area contributed by atoms with Gasteiger partial charge in [0.05, 0.1) is 12.5 Å². The number of hydrogen-bond donors (Lipinski definition) is 3. The third-order valence-electron chi connectivity index (χ3n) is 3.76. The number of rotatable bonds is 8. The van der Waals surface area contributed by atoms with Gasteiger partial charge in [0, 0.05) is 19.2 Å². The Hall–Kier alpha value is -2.66. The Morgan fingerprint density at radius 2 is 1.80 bits per heavy atom. The average Bonchev–Trinajstić information content (AvgIpc) is 2.60. The standard InChI is InChI=1S/C20H25N3O2/c1-3-21-14-16-8-7-11-18(12-16)23-20(25)13-19(22-15(2)24)17-9-5-4-6-10-17/h4-12,19,21H,3,13-14H2,1-2H3,(H,22,24)(H,23,25). The van der Waals surface area contributed by atoms with Crippen LogP contribution in [0.4, 0.5) is 5.69 Å². The molecule has 2 rings (SSSR count). The van der Waals surface area contributed by atoms with Crippen LogP contribution in [0.3, 0.4) is 0 Å². The van der Waals surface area contributed by atoms with E-state index in [1.165, 1.54) is 6.92 Å². The Labute approximate surface area is 148 Å². The summed E-state index contributed by atoms with van der Waals surface area (Å²) in [5, 5.41) is 9.02. The monoisotopic (exact) mass is 339 g/mol. The van der Waals surface area contributed by atoms with Crippen LogP contribution >= 0.6 is 0 Å². The van der Waals surface area contributed by atoms with E-state index in [4.69, 9.17) is 0 Å². The van der Waals surface area contributed by atoms with Crippen LogP contribution in [0.15, 0.2) is 54.6 Å². The highest BCUT2D eigenvalue weighted by Gasteiger charge is 2.17. The first kappa shape index (κ1) is 18.7. The zero-order chi connectivity index (χ0) is 18.1. The fourth-order valence-corrected chi connectivity index (χ4v) is 2.61. The van der Waals surface area contributed by atoms with E-state index in [1.54, 1.807) is 0 Å². The van der Waals surface area contributed by atoms with E-state index in [1.807, 2.05) is 54.6 Å². The topological polar surface area (TPSA) is 70.2 Å². The number of benzene rings is 2. The van der Waals surface area contributed by atoms with E-state index in [2.05, 4.69) is 22.9 Å². The average molecular weight is 339 g/mol. The highest BCUT2D eigenvalue weighted by Crippen LogP contribution is 2.18. The molecule has 132 valence electrons. The Balaban J connectivity index is 2.02. The predicted octanol–water partition coefficient (Wildman–Crippen LogP) is 3.00. The molecule has 0 aliphatic rings.